The van der Waals surface area contributed by atoms with Crippen LogP contribution in [0, 0.1) is 0 Å². The van der Waals surface area contributed by atoms with E-state index in [-0.39, 0.29) is 11.9 Å². The minimum atomic E-state index is 0.0325. The van der Waals surface area contributed by atoms with Crippen LogP contribution in [-0.2, 0) is 4.74 Å². The van der Waals surface area contributed by atoms with Gasteiger partial charge < -0.3 is 20.6 Å². The van der Waals surface area contributed by atoms with Gasteiger partial charge in [-0.05, 0) is 18.6 Å². The van der Waals surface area contributed by atoms with Crippen LogP contribution in [0.25, 0.3) is 0 Å². The maximum absolute atomic E-state index is 8.79. The minimum absolute atomic E-state index is 0.0325. The topological polar surface area (TPSA) is 84.0 Å². The molecule has 1 atom stereocenters. The number of hydrogen-bond acceptors (Lipinski definition) is 5. The average Bonchev–Trinajstić information content (AvgIpc) is 2.46. The maximum Gasteiger partial charge on any atom is 0.190 e. The van der Waals surface area contributed by atoms with Gasteiger partial charge in [0.05, 0.1) is 18.4 Å². The van der Waals surface area contributed by atoms with E-state index < -0.39 is 0 Å². The summed E-state index contributed by atoms with van der Waals surface area (Å²) in [6.45, 7) is 4.37. The number of nitrogens with two attached hydrogens (primary N) is 1. The molecule has 6 nitrogen and oxygen atoms in total. The number of hydrogen-bond donors (Lipinski definition) is 2. The Morgan fingerprint density at radius 1 is 1.72 bits per heavy atom. The Kier molecular flexibility index (Phi) is 3.99. The fourth-order valence-electron chi connectivity index (χ4n) is 2.08. The Labute approximate surface area is 106 Å². The molecule has 2 heterocycles. The van der Waals surface area contributed by atoms with E-state index in [1.807, 2.05) is 12.1 Å². The summed E-state index contributed by atoms with van der Waals surface area (Å²) < 4.78 is 5.63. The largest absolute Gasteiger partial charge is 0.409 e. The molecule has 18 heavy (non-hydrogen) atoms. The highest BCUT2D eigenvalue weighted by Gasteiger charge is 2.22. The van der Waals surface area contributed by atoms with Crippen molar-refractivity contribution in [3.63, 3.8) is 0 Å². The van der Waals surface area contributed by atoms with Gasteiger partial charge in [-0.25, -0.2) is 0 Å². The predicted octanol–water partition coefficient (Wildman–Crippen LogP) is 0.791. The number of nitrogens with zero attached hydrogens (tertiary/aromatic N) is 3. The van der Waals surface area contributed by atoms with Crippen LogP contribution >= 0.6 is 0 Å². The zero-order chi connectivity index (χ0) is 13.0. The van der Waals surface area contributed by atoms with Gasteiger partial charge in [0.2, 0.25) is 0 Å². The summed E-state index contributed by atoms with van der Waals surface area (Å²) in [5.41, 5.74) is 7.04. The quantitative estimate of drug-likeness (QED) is 0.358. The zero-order valence-corrected chi connectivity index (χ0v) is 10.4. The van der Waals surface area contributed by atoms with Crippen LogP contribution in [0.4, 0.5) is 5.69 Å². The van der Waals surface area contributed by atoms with E-state index in [4.69, 9.17) is 15.7 Å². The van der Waals surface area contributed by atoms with Gasteiger partial charge >= 0.3 is 0 Å². The number of amidine groups is 1. The van der Waals surface area contributed by atoms with E-state index in [1.54, 1.807) is 6.20 Å². The highest BCUT2D eigenvalue weighted by molar-refractivity contribution is 6.00. The van der Waals surface area contributed by atoms with Crippen molar-refractivity contribution in [3.8, 4) is 0 Å². The van der Waals surface area contributed by atoms with Gasteiger partial charge in [0, 0.05) is 19.3 Å². The molecule has 0 aromatic carbocycles. The van der Waals surface area contributed by atoms with E-state index in [2.05, 4.69) is 22.0 Å². The van der Waals surface area contributed by atoms with Crippen molar-refractivity contribution in [1.29, 1.82) is 0 Å². The predicted molar refractivity (Wildman–Crippen MR) is 69.0 cm³/mol. The molecule has 3 N–H and O–H groups in total. The number of morpholine rings is 1. The highest BCUT2D eigenvalue weighted by Crippen LogP contribution is 2.21. The summed E-state index contributed by atoms with van der Waals surface area (Å²) in [5.74, 6) is 0.0325. The number of pyridine rings is 1. The van der Waals surface area contributed by atoms with E-state index in [1.165, 1.54) is 0 Å². The van der Waals surface area contributed by atoms with E-state index in [0.29, 0.717) is 12.3 Å². The van der Waals surface area contributed by atoms with Crippen molar-refractivity contribution < 1.29 is 9.94 Å². The smallest absolute Gasteiger partial charge is 0.190 e. The van der Waals surface area contributed by atoms with Crippen molar-refractivity contribution in [1.82, 2.24) is 4.98 Å². The lowest BCUT2D eigenvalue weighted by molar-refractivity contribution is 0.0384. The van der Waals surface area contributed by atoms with Crippen molar-refractivity contribution in [2.24, 2.45) is 10.9 Å². The van der Waals surface area contributed by atoms with Crippen LogP contribution in [-0.4, -0.2) is 41.8 Å². The second-order valence-electron chi connectivity index (χ2n) is 4.20. The molecule has 1 aliphatic heterocycles. The highest BCUT2D eigenvalue weighted by atomic mass is 16.5. The summed E-state index contributed by atoms with van der Waals surface area (Å²) in [6, 6.07) is 3.78. The molecule has 1 fully saturated rings. The molecule has 6 heteroatoms. The normalized spacial score (nSPS) is 21.1. The van der Waals surface area contributed by atoms with Gasteiger partial charge in [0.15, 0.2) is 5.84 Å². The number of aromatic nitrogens is 1. The molecule has 1 aliphatic rings. The van der Waals surface area contributed by atoms with Gasteiger partial charge in [-0.3, -0.25) is 4.98 Å². The zero-order valence-electron chi connectivity index (χ0n) is 10.4. The fourth-order valence-corrected chi connectivity index (χ4v) is 2.08. The molecule has 1 aromatic rings. The first-order valence-electron chi connectivity index (χ1n) is 6.05. The lowest BCUT2D eigenvalue weighted by atomic mass is 10.2. The molecule has 1 saturated heterocycles. The van der Waals surface area contributed by atoms with E-state index in [0.717, 1.165) is 25.2 Å². The van der Waals surface area contributed by atoms with Crippen LogP contribution < -0.4 is 10.6 Å². The molecule has 0 radical (unpaired) electrons. The molecule has 0 saturated carbocycles. The van der Waals surface area contributed by atoms with Gasteiger partial charge in [0.25, 0.3) is 0 Å². The summed E-state index contributed by atoms with van der Waals surface area (Å²) >= 11 is 0. The molecule has 0 spiro atoms. The number of ether oxygens (including phenoxy) is 1. The Balaban J connectivity index is 2.27. The molecule has 1 aromatic heterocycles. The number of anilines is 1. The van der Waals surface area contributed by atoms with Gasteiger partial charge in [-0.1, -0.05) is 12.1 Å². The molecule has 0 amide bonds. The lowest BCUT2D eigenvalue weighted by Gasteiger charge is -2.34. The molecule has 0 aliphatic carbocycles. The first kappa shape index (κ1) is 12.6. The Bertz CT molecular complexity index is 436. The standard InChI is InChI=1S/C12H18N4O2/c1-2-9-8-16(6-7-18-9)10-4-3-5-14-11(10)12(13)15-17/h3-5,9,17H,2,6-8H2,1H3,(H2,13,15). The Morgan fingerprint density at radius 3 is 3.28 bits per heavy atom. The second kappa shape index (κ2) is 5.68. The molecular weight excluding hydrogens is 232 g/mol. The number of rotatable bonds is 3. The van der Waals surface area contributed by atoms with Crippen LogP contribution in [0.3, 0.4) is 0 Å². The van der Waals surface area contributed by atoms with Crippen molar-refractivity contribution >= 4 is 11.5 Å². The van der Waals surface area contributed by atoms with E-state index in [9.17, 15) is 0 Å². The molecule has 0 bridgehead atoms. The third-order valence-electron chi connectivity index (χ3n) is 3.07. The molecule has 2 rings (SSSR count). The molecule has 98 valence electrons. The fraction of sp³-hybridized carbons (Fsp3) is 0.500. The van der Waals surface area contributed by atoms with E-state index >= 15 is 0 Å². The van der Waals surface area contributed by atoms with Crippen molar-refractivity contribution in [3.05, 3.63) is 24.0 Å². The van der Waals surface area contributed by atoms with Crippen LogP contribution in [0.1, 0.15) is 19.0 Å². The van der Waals surface area contributed by atoms with Gasteiger partial charge in [-0.15, -0.1) is 0 Å². The third-order valence-corrected chi connectivity index (χ3v) is 3.07. The average molecular weight is 250 g/mol. The van der Waals surface area contributed by atoms with Crippen molar-refractivity contribution in [2.75, 3.05) is 24.6 Å². The minimum Gasteiger partial charge on any atom is -0.409 e. The van der Waals surface area contributed by atoms with Gasteiger partial charge in [-0.2, -0.15) is 0 Å². The first-order chi connectivity index (χ1) is 8.76. The van der Waals surface area contributed by atoms with Gasteiger partial charge in [0.1, 0.15) is 5.69 Å². The van der Waals surface area contributed by atoms with Crippen LogP contribution in [0.15, 0.2) is 23.5 Å². The summed E-state index contributed by atoms with van der Waals surface area (Å²) in [6.07, 6.45) is 2.82. The number of oxime groups is 1. The molecular formula is C12H18N4O2. The lowest BCUT2D eigenvalue weighted by Crippen LogP contribution is -2.43. The molecule has 1 unspecified atom stereocenters. The summed E-state index contributed by atoms with van der Waals surface area (Å²) in [7, 11) is 0. The SMILES string of the molecule is CCC1CN(c2cccnc2/C(N)=N/O)CCO1. The summed E-state index contributed by atoms with van der Waals surface area (Å²) in [5, 5.41) is 11.8. The summed E-state index contributed by atoms with van der Waals surface area (Å²) in [4.78, 5) is 6.34. The second-order valence-corrected chi connectivity index (χ2v) is 4.20. The van der Waals surface area contributed by atoms with Crippen LogP contribution in [0.2, 0.25) is 0 Å². The Morgan fingerprint density at radius 2 is 2.56 bits per heavy atom. The Hall–Kier alpha value is -1.82. The monoisotopic (exact) mass is 250 g/mol. The van der Waals surface area contributed by atoms with Crippen molar-refractivity contribution in [2.45, 2.75) is 19.4 Å². The van der Waals surface area contributed by atoms with Crippen LogP contribution in [0.5, 0.6) is 0 Å². The maximum atomic E-state index is 8.79. The first-order valence-corrected chi connectivity index (χ1v) is 6.05. The third kappa shape index (κ3) is 2.53.